The lowest BCUT2D eigenvalue weighted by atomic mass is 9.75. The van der Waals surface area contributed by atoms with Gasteiger partial charge in [-0.25, -0.2) is 0 Å². The summed E-state index contributed by atoms with van der Waals surface area (Å²) in [5.74, 6) is 2.77. The number of hydrogen-bond acceptors (Lipinski definition) is 2. The minimum Gasteiger partial charge on any atom is -0.356 e. The molecule has 2 saturated heterocycles. The zero-order valence-electron chi connectivity index (χ0n) is 9.87. The molecule has 0 radical (unpaired) electrons. The monoisotopic (exact) mass is 222 g/mol. The molecule has 3 heteroatoms. The maximum Gasteiger partial charge on any atom is 0.223 e. The Hall–Kier alpha value is -0.570. The van der Waals surface area contributed by atoms with Crippen molar-refractivity contribution < 1.29 is 4.79 Å². The third-order valence-electron chi connectivity index (χ3n) is 4.89. The third kappa shape index (κ3) is 1.75. The van der Waals surface area contributed by atoms with Crippen LogP contribution >= 0.6 is 0 Å². The standard InChI is InChI=1S/C13H22N2O/c16-13-11-5-3-1-2-4-10(11)12-8-14-6-9(12)7-15-13/h9-12,14H,1-8H2,(H,15,16). The number of carbonyl (C=O) groups is 1. The van der Waals surface area contributed by atoms with Gasteiger partial charge >= 0.3 is 0 Å². The number of hydrogen-bond donors (Lipinski definition) is 2. The van der Waals surface area contributed by atoms with Crippen molar-refractivity contribution in [3.63, 3.8) is 0 Å². The summed E-state index contributed by atoms with van der Waals surface area (Å²) < 4.78 is 0. The summed E-state index contributed by atoms with van der Waals surface area (Å²) in [4.78, 5) is 12.1. The minimum atomic E-state index is 0.317. The van der Waals surface area contributed by atoms with Crippen molar-refractivity contribution >= 4 is 5.91 Å². The molecule has 1 amide bonds. The Bertz CT molecular complexity index is 279. The van der Waals surface area contributed by atoms with E-state index in [0.717, 1.165) is 32.0 Å². The second kappa shape index (κ2) is 4.36. The van der Waals surface area contributed by atoms with Crippen molar-refractivity contribution in [2.24, 2.45) is 23.7 Å². The molecule has 0 aromatic heterocycles. The van der Waals surface area contributed by atoms with E-state index in [1.807, 2.05) is 0 Å². The fourth-order valence-electron chi connectivity index (χ4n) is 4.02. The van der Waals surface area contributed by atoms with E-state index in [9.17, 15) is 4.79 Å². The first-order valence-corrected chi connectivity index (χ1v) is 6.84. The highest BCUT2D eigenvalue weighted by Crippen LogP contribution is 2.40. The summed E-state index contributed by atoms with van der Waals surface area (Å²) >= 11 is 0. The number of fused-ring (bicyclic) bond motifs is 3. The SMILES string of the molecule is O=C1NCC2CNCC2C2CCCCCC12. The lowest BCUT2D eigenvalue weighted by Gasteiger charge is -2.28. The fraction of sp³-hybridized carbons (Fsp3) is 0.923. The molecule has 3 fully saturated rings. The largest absolute Gasteiger partial charge is 0.356 e. The van der Waals surface area contributed by atoms with Gasteiger partial charge in [0.05, 0.1) is 0 Å². The zero-order valence-corrected chi connectivity index (χ0v) is 9.87. The Morgan fingerprint density at radius 2 is 1.81 bits per heavy atom. The average molecular weight is 222 g/mol. The maximum absolute atomic E-state index is 12.1. The predicted molar refractivity (Wildman–Crippen MR) is 62.9 cm³/mol. The van der Waals surface area contributed by atoms with Gasteiger partial charge in [-0.3, -0.25) is 4.79 Å². The maximum atomic E-state index is 12.1. The van der Waals surface area contributed by atoms with Crippen LogP contribution in [0.3, 0.4) is 0 Å². The molecular weight excluding hydrogens is 200 g/mol. The summed E-state index contributed by atoms with van der Waals surface area (Å²) in [6.45, 7) is 3.15. The van der Waals surface area contributed by atoms with Crippen LogP contribution in [0.4, 0.5) is 0 Å². The van der Waals surface area contributed by atoms with E-state index < -0.39 is 0 Å². The summed E-state index contributed by atoms with van der Waals surface area (Å²) in [5, 5.41) is 6.67. The van der Waals surface area contributed by atoms with Gasteiger partial charge in [0.2, 0.25) is 5.91 Å². The van der Waals surface area contributed by atoms with Crippen LogP contribution in [-0.2, 0) is 4.79 Å². The molecule has 4 atom stereocenters. The summed E-state index contributed by atoms with van der Waals surface area (Å²) in [5.41, 5.74) is 0. The second-order valence-corrected chi connectivity index (χ2v) is 5.74. The van der Waals surface area contributed by atoms with E-state index in [-0.39, 0.29) is 0 Å². The van der Waals surface area contributed by atoms with Crippen molar-refractivity contribution in [3.05, 3.63) is 0 Å². The van der Waals surface area contributed by atoms with E-state index in [0.29, 0.717) is 23.7 Å². The predicted octanol–water partition coefficient (Wildman–Crippen LogP) is 1.15. The van der Waals surface area contributed by atoms with Gasteiger partial charge in [0.1, 0.15) is 0 Å². The quantitative estimate of drug-likeness (QED) is 0.645. The number of rotatable bonds is 0. The van der Waals surface area contributed by atoms with Gasteiger partial charge in [-0.2, -0.15) is 0 Å². The molecule has 1 saturated carbocycles. The van der Waals surface area contributed by atoms with Crippen molar-refractivity contribution in [2.45, 2.75) is 32.1 Å². The highest BCUT2D eigenvalue weighted by Gasteiger charge is 2.43. The van der Waals surface area contributed by atoms with E-state index in [1.165, 1.54) is 25.7 Å². The molecule has 3 nitrogen and oxygen atoms in total. The molecule has 2 heterocycles. The van der Waals surface area contributed by atoms with Crippen molar-refractivity contribution in [1.29, 1.82) is 0 Å². The molecule has 3 aliphatic rings. The lowest BCUT2D eigenvalue weighted by Crippen LogP contribution is -2.34. The van der Waals surface area contributed by atoms with Crippen molar-refractivity contribution in [3.8, 4) is 0 Å². The molecule has 2 N–H and O–H groups in total. The Morgan fingerprint density at radius 1 is 0.938 bits per heavy atom. The van der Waals surface area contributed by atoms with E-state index in [4.69, 9.17) is 0 Å². The second-order valence-electron chi connectivity index (χ2n) is 5.74. The van der Waals surface area contributed by atoms with Crippen LogP contribution in [0, 0.1) is 23.7 Å². The van der Waals surface area contributed by atoms with Crippen LogP contribution in [0.15, 0.2) is 0 Å². The Morgan fingerprint density at radius 3 is 2.75 bits per heavy atom. The van der Waals surface area contributed by atoms with Crippen LogP contribution in [0.25, 0.3) is 0 Å². The molecule has 1 aliphatic carbocycles. The Labute approximate surface area is 97.4 Å². The normalized spacial score (nSPS) is 43.9. The summed E-state index contributed by atoms with van der Waals surface area (Å²) in [6, 6.07) is 0. The first kappa shape index (κ1) is 10.6. The van der Waals surface area contributed by atoms with Gasteiger partial charge in [0.25, 0.3) is 0 Å². The smallest absolute Gasteiger partial charge is 0.223 e. The fourth-order valence-corrected chi connectivity index (χ4v) is 4.02. The molecular formula is C13H22N2O. The minimum absolute atomic E-state index is 0.317. The van der Waals surface area contributed by atoms with Crippen LogP contribution < -0.4 is 10.6 Å². The van der Waals surface area contributed by atoms with Crippen LogP contribution in [0.1, 0.15) is 32.1 Å². The summed E-state index contributed by atoms with van der Waals surface area (Å²) in [7, 11) is 0. The lowest BCUT2D eigenvalue weighted by molar-refractivity contribution is -0.126. The number of carbonyl (C=O) groups excluding carboxylic acids is 1. The molecule has 4 unspecified atom stereocenters. The molecule has 90 valence electrons. The highest BCUT2D eigenvalue weighted by molar-refractivity contribution is 5.79. The van der Waals surface area contributed by atoms with Gasteiger partial charge < -0.3 is 10.6 Å². The molecule has 0 bridgehead atoms. The summed E-state index contributed by atoms with van der Waals surface area (Å²) in [6.07, 6.45) is 6.31. The van der Waals surface area contributed by atoms with Crippen molar-refractivity contribution in [1.82, 2.24) is 10.6 Å². The average Bonchev–Trinajstić information content (AvgIpc) is 2.55. The molecule has 0 spiro atoms. The molecule has 0 aromatic rings. The van der Waals surface area contributed by atoms with Crippen LogP contribution in [0.2, 0.25) is 0 Å². The number of amides is 1. The molecule has 2 aliphatic heterocycles. The van der Waals surface area contributed by atoms with E-state index in [2.05, 4.69) is 10.6 Å². The Balaban J connectivity index is 1.85. The van der Waals surface area contributed by atoms with E-state index in [1.54, 1.807) is 0 Å². The van der Waals surface area contributed by atoms with Gasteiger partial charge in [-0.05, 0) is 43.7 Å². The first-order chi connectivity index (χ1) is 7.86. The Kier molecular flexibility index (Phi) is 2.88. The molecule has 0 aromatic carbocycles. The molecule has 3 rings (SSSR count). The number of nitrogens with one attached hydrogen (secondary N) is 2. The topological polar surface area (TPSA) is 41.1 Å². The van der Waals surface area contributed by atoms with Crippen molar-refractivity contribution in [2.75, 3.05) is 19.6 Å². The molecule has 16 heavy (non-hydrogen) atoms. The van der Waals surface area contributed by atoms with Gasteiger partial charge in [0.15, 0.2) is 0 Å². The zero-order chi connectivity index (χ0) is 11.0. The first-order valence-electron chi connectivity index (χ1n) is 6.84. The van der Waals surface area contributed by atoms with Crippen LogP contribution in [0.5, 0.6) is 0 Å². The highest BCUT2D eigenvalue weighted by atomic mass is 16.1. The van der Waals surface area contributed by atoms with Gasteiger partial charge in [-0.1, -0.05) is 19.3 Å². The van der Waals surface area contributed by atoms with E-state index >= 15 is 0 Å². The van der Waals surface area contributed by atoms with Gasteiger partial charge in [0, 0.05) is 12.5 Å². The van der Waals surface area contributed by atoms with Crippen LogP contribution in [-0.4, -0.2) is 25.5 Å². The van der Waals surface area contributed by atoms with Gasteiger partial charge in [-0.15, -0.1) is 0 Å². The third-order valence-corrected chi connectivity index (χ3v) is 4.89.